The summed E-state index contributed by atoms with van der Waals surface area (Å²) in [5.74, 6) is 0.490. The monoisotopic (exact) mass is 349 g/mol. The lowest BCUT2D eigenvalue weighted by Crippen LogP contribution is -2.35. The maximum atomic E-state index is 13.8. The summed E-state index contributed by atoms with van der Waals surface area (Å²) in [5.41, 5.74) is 1.02. The molecule has 1 heterocycles. The van der Waals surface area contributed by atoms with Gasteiger partial charge in [-0.3, -0.25) is 4.79 Å². The highest BCUT2D eigenvalue weighted by molar-refractivity contribution is 6.30. The summed E-state index contributed by atoms with van der Waals surface area (Å²) >= 11 is 5.69. The van der Waals surface area contributed by atoms with Gasteiger partial charge in [-0.15, -0.1) is 0 Å². The van der Waals surface area contributed by atoms with Crippen LogP contribution in [0.25, 0.3) is 0 Å². The average molecular weight is 350 g/mol. The second-order valence-electron chi connectivity index (χ2n) is 5.66. The molecule has 2 aromatic rings. The second-order valence-corrected chi connectivity index (χ2v) is 6.10. The molecule has 0 unspecified atom stereocenters. The van der Waals surface area contributed by atoms with Crippen molar-refractivity contribution in [3.63, 3.8) is 0 Å². The second kappa shape index (κ2) is 7.09. The van der Waals surface area contributed by atoms with Gasteiger partial charge in [-0.05, 0) is 36.2 Å². The minimum Gasteiger partial charge on any atom is -0.493 e. The quantitative estimate of drug-likeness (QED) is 0.919. The van der Waals surface area contributed by atoms with Crippen LogP contribution < -0.4 is 14.8 Å². The number of fused-ring (bicyclic) bond motifs is 1. The molecular formula is C18H17ClFNO3. The Hall–Kier alpha value is -2.27. The molecule has 1 aliphatic rings. The molecule has 3 rings (SSSR count). The van der Waals surface area contributed by atoms with Gasteiger partial charge in [-0.25, -0.2) is 4.39 Å². The third-order valence-electron chi connectivity index (χ3n) is 3.98. The molecule has 0 saturated carbocycles. The van der Waals surface area contributed by atoms with Crippen LogP contribution in [-0.4, -0.2) is 26.2 Å². The van der Waals surface area contributed by atoms with E-state index in [2.05, 4.69) is 5.32 Å². The minimum atomic E-state index is -0.630. The lowest BCUT2D eigenvalue weighted by molar-refractivity contribution is 0.0934. The fourth-order valence-electron chi connectivity index (χ4n) is 2.75. The van der Waals surface area contributed by atoms with Crippen LogP contribution >= 0.6 is 11.6 Å². The molecule has 0 aromatic heterocycles. The van der Waals surface area contributed by atoms with Gasteiger partial charge in [0.25, 0.3) is 5.91 Å². The minimum absolute atomic E-state index is 0.0156. The first-order valence-corrected chi connectivity index (χ1v) is 7.98. The van der Waals surface area contributed by atoms with Crippen LogP contribution in [0.15, 0.2) is 36.4 Å². The molecule has 1 aliphatic heterocycles. The topological polar surface area (TPSA) is 47.6 Å². The van der Waals surface area contributed by atoms with E-state index in [1.54, 1.807) is 7.11 Å². The Morgan fingerprint density at radius 2 is 2.25 bits per heavy atom. The van der Waals surface area contributed by atoms with Gasteiger partial charge in [0.15, 0.2) is 11.5 Å². The largest absolute Gasteiger partial charge is 0.493 e. The van der Waals surface area contributed by atoms with Gasteiger partial charge in [0.05, 0.1) is 19.3 Å². The molecule has 0 radical (unpaired) electrons. The Morgan fingerprint density at radius 3 is 3.00 bits per heavy atom. The number of para-hydroxylation sites is 1. The number of rotatable bonds is 4. The maximum absolute atomic E-state index is 13.8. The maximum Gasteiger partial charge on any atom is 0.254 e. The molecular weight excluding hydrogens is 333 g/mol. The van der Waals surface area contributed by atoms with Gasteiger partial charge in [-0.2, -0.15) is 0 Å². The number of methoxy groups -OCH3 is 1. The van der Waals surface area contributed by atoms with E-state index in [1.165, 1.54) is 12.1 Å². The highest BCUT2D eigenvalue weighted by Gasteiger charge is 2.23. The number of amides is 1. The summed E-state index contributed by atoms with van der Waals surface area (Å²) in [4.78, 5) is 12.1. The lowest BCUT2D eigenvalue weighted by atomic mass is 9.96. The third kappa shape index (κ3) is 3.46. The summed E-state index contributed by atoms with van der Waals surface area (Å²) in [6.07, 6.45) is 0.760. The van der Waals surface area contributed by atoms with Crippen molar-refractivity contribution < 1.29 is 18.7 Å². The molecule has 4 nitrogen and oxygen atoms in total. The van der Waals surface area contributed by atoms with Crippen molar-refractivity contribution in [3.8, 4) is 11.5 Å². The summed E-state index contributed by atoms with van der Waals surface area (Å²) in [7, 11) is 1.60. The van der Waals surface area contributed by atoms with Crippen molar-refractivity contribution in [2.75, 3.05) is 20.3 Å². The third-order valence-corrected chi connectivity index (χ3v) is 4.21. The van der Waals surface area contributed by atoms with E-state index in [0.717, 1.165) is 23.8 Å². The van der Waals surface area contributed by atoms with Crippen LogP contribution in [0, 0.1) is 11.7 Å². The number of benzene rings is 2. The van der Waals surface area contributed by atoms with E-state index in [1.807, 2.05) is 18.2 Å². The zero-order chi connectivity index (χ0) is 17.1. The number of hydrogen-bond acceptors (Lipinski definition) is 3. The van der Waals surface area contributed by atoms with E-state index in [9.17, 15) is 9.18 Å². The molecule has 0 fully saturated rings. The van der Waals surface area contributed by atoms with E-state index in [4.69, 9.17) is 21.1 Å². The first-order chi connectivity index (χ1) is 11.6. The Balaban J connectivity index is 1.62. The summed E-state index contributed by atoms with van der Waals surface area (Å²) in [5, 5.41) is 3.01. The van der Waals surface area contributed by atoms with Gasteiger partial charge < -0.3 is 14.8 Å². The van der Waals surface area contributed by atoms with Crippen LogP contribution in [0.5, 0.6) is 11.5 Å². The van der Waals surface area contributed by atoms with Crippen LogP contribution in [0.3, 0.4) is 0 Å². The highest BCUT2D eigenvalue weighted by atomic mass is 35.5. The highest BCUT2D eigenvalue weighted by Crippen LogP contribution is 2.35. The predicted octanol–water partition coefficient (Wildman–Crippen LogP) is 3.47. The number of ether oxygens (including phenoxy) is 2. The molecule has 0 bridgehead atoms. The van der Waals surface area contributed by atoms with Crippen LogP contribution in [0.1, 0.15) is 15.9 Å². The van der Waals surface area contributed by atoms with Gasteiger partial charge >= 0.3 is 0 Å². The normalized spacial score (nSPS) is 16.0. The van der Waals surface area contributed by atoms with Gasteiger partial charge in [0.2, 0.25) is 0 Å². The predicted molar refractivity (Wildman–Crippen MR) is 89.4 cm³/mol. The molecule has 126 valence electrons. The zero-order valence-corrected chi connectivity index (χ0v) is 13.9. The average Bonchev–Trinajstić information content (AvgIpc) is 2.58. The smallest absolute Gasteiger partial charge is 0.254 e. The van der Waals surface area contributed by atoms with Crippen molar-refractivity contribution in [3.05, 3.63) is 58.4 Å². The van der Waals surface area contributed by atoms with E-state index >= 15 is 0 Å². The number of hydrogen-bond donors (Lipinski definition) is 1. The van der Waals surface area contributed by atoms with E-state index < -0.39 is 11.7 Å². The first-order valence-electron chi connectivity index (χ1n) is 7.60. The van der Waals surface area contributed by atoms with E-state index in [-0.39, 0.29) is 16.5 Å². The molecule has 0 spiro atoms. The van der Waals surface area contributed by atoms with Crippen LogP contribution in [0.2, 0.25) is 5.02 Å². The Bertz CT molecular complexity index is 766. The molecule has 1 amide bonds. The number of carbonyl (C=O) groups is 1. The molecule has 1 N–H and O–H groups in total. The number of nitrogens with one attached hydrogen (secondary N) is 1. The molecule has 0 aliphatic carbocycles. The van der Waals surface area contributed by atoms with E-state index in [0.29, 0.717) is 18.9 Å². The fourth-order valence-corrected chi connectivity index (χ4v) is 2.91. The van der Waals surface area contributed by atoms with Crippen molar-refractivity contribution in [2.24, 2.45) is 5.92 Å². The molecule has 2 aromatic carbocycles. The summed E-state index contributed by atoms with van der Waals surface area (Å²) < 4.78 is 24.8. The standard InChI is InChI=1S/C18H17ClFNO3/c1-23-16-4-2-3-12-7-11(10-24-17(12)16)9-21-18(22)14-6-5-13(19)8-15(14)20/h2-6,8,11H,7,9-10H2,1H3,(H,21,22)/t11-/m0/s1. The number of carbonyl (C=O) groups excluding carboxylic acids is 1. The Morgan fingerprint density at radius 1 is 1.42 bits per heavy atom. The molecule has 24 heavy (non-hydrogen) atoms. The molecule has 6 heteroatoms. The number of halogens is 2. The Kier molecular flexibility index (Phi) is 4.90. The van der Waals surface area contributed by atoms with Crippen molar-refractivity contribution >= 4 is 17.5 Å². The van der Waals surface area contributed by atoms with Gasteiger partial charge in [0.1, 0.15) is 5.82 Å². The lowest BCUT2D eigenvalue weighted by Gasteiger charge is -2.26. The van der Waals surface area contributed by atoms with Gasteiger partial charge in [0, 0.05) is 17.5 Å². The van der Waals surface area contributed by atoms with Crippen molar-refractivity contribution in [1.82, 2.24) is 5.32 Å². The SMILES string of the molecule is COc1cccc2c1OC[C@H](CNC(=O)c1ccc(Cl)cc1F)C2. The summed E-state index contributed by atoms with van der Waals surface area (Å²) in [6.45, 7) is 0.869. The fraction of sp³-hybridized carbons (Fsp3) is 0.278. The van der Waals surface area contributed by atoms with Crippen LogP contribution in [0.4, 0.5) is 4.39 Å². The van der Waals surface area contributed by atoms with Crippen molar-refractivity contribution in [1.29, 1.82) is 0 Å². The summed E-state index contributed by atoms with van der Waals surface area (Å²) in [6, 6.07) is 9.74. The Labute approximate surface area is 144 Å². The molecule has 1 atom stereocenters. The van der Waals surface area contributed by atoms with Crippen LogP contribution in [-0.2, 0) is 6.42 Å². The van der Waals surface area contributed by atoms with Gasteiger partial charge in [-0.1, -0.05) is 23.7 Å². The molecule has 0 saturated heterocycles. The van der Waals surface area contributed by atoms with Crippen molar-refractivity contribution in [2.45, 2.75) is 6.42 Å². The zero-order valence-electron chi connectivity index (χ0n) is 13.1. The first kappa shape index (κ1) is 16.6.